The van der Waals surface area contributed by atoms with Gasteiger partial charge < -0.3 is 14.7 Å². The topological polar surface area (TPSA) is 90.4 Å². The second kappa shape index (κ2) is 8.50. The molecule has 0 N–H and O–H groups in total. The maximum Gasteiger partial charge on any atom is 0.285 e. The number of ketones is 1. The van der Waals surface area contributed by atoms with Crippen LogP contribution in [-0.4, -0.2) is 74.5 Å². The highest BCUT2D eigenvalue weighted by molar-refractivity contribution is 7.90. The fourth-order valence-electron chi connectivity index (χ4n) is 4.93. The predicted octanol–water partition coefficient (Wildman–Crippen LogP) is 2.29. The number of carbonyl (C=O) groups excluding carboxylic acids is 2. The van der Waals surface area contributed by atoms with Crippen LogP contribution in [0.5, 0.6) is 0 Å². The van der Waals surface area contributed by atoms with Crippen molar-refractivity contribution in [1.29, 1.82) is 0 Å². The number of hydrogen-bond acceptors (Lipinski definition) is 6. The van der Waals surface area contributed by atoms with Gasteiger partial charge in [0.2, 0.25) is 5.91 Å². The molecule has 178 valence electrons. The maximum atomic E-state index is 14.6. The van der Waals surface area contributed by atoms with Crippen molar-refractivity contribution in [2.45, 2.75) is 30.7 Å². The molecule has 0 saturated carbocycles. The van der Waals surface area contributed by atoms with Gasteiger partial charge in [-0.2, -0.15) is 8.42 Å². The van der Waals surface area contributed by atoms with Crippen molar-refractivity contribution >= 4 is 33.2 Å². The molecule has 2 aromatic carbocycles. The standard InChI is InChI=1S/C24H25FN4O4S/c1-16(30)17-8-9-20(19(25)15-17)27-11-13-28(14-12-27)24(31)21-6-4-10-29(21)23-18-5-2-3-7-22(18)34(32,33)26-23/h2-3,5,7-9,15,21H,4,6,10-14H2,1H3/t21-/m0/s1. The fraction of sp³-hybridized carbons (Fsp3) is 0.375. The first-order valence-corrected chi connectivity index (χ1v) is 12.8. The number of amidine groups is 1. The van der Waals surface area contributed by atoms with E-state index in [1.807, 2.05) is 9.80 Å². The number of carbonyl (C=O) groups is 2. The summed E-state index contributed by atoms with van der Waals surface area (Å²) in [7, 11) is -3.76. The summed E-state index contributed by atoms with van der Waals surface area (Å²) in [6, 6.07) is 10.7. The van der Waals surface area contributed by atoms with Crippen molar-refractivity contribution in [2.24, 2.45) is 4.40 Å². The molecule has 5 rings (SSSR count). The van der Waals surface area contributed by atoms with Crippen LogP contribution in [0.2, 0.25) is 0 Å². The summed E-state index contributed by atoms with van der Waals surface area (Å²) in [6.07, 6.45) is 1.40. The van der Waals surface area contributed by atoms with Gasteiger partial charge in [-0.15, -0.1) is 4.40 Å². The van der Waals surface area contributed by atoms with Gasteiger partial charge in [-0.25, -0.2) is 4.39 Å². The van der Waals surface area contributed by atoms with Gasteiger partial charge in [0.25, 0.3) is 10.0 Å². The largest absolute Gasteiger partial charge is 0.366 e. The minimum absolute atomic E-state index is 0.0611. The molecule has 0 unspecified atom stereocenters. The summed E-state index contributed by atoms with van der Waals surface area (Å²) in [5.41, 5.74) is 1.29. The molecular weight excluding hydrogens is 459 g/mol. The number of amides is 1. The van der Waals surface area contributed by atoms with E-state index in [4.69, 9.17) is 0 Å². The SMILES string of the molecule is CC(=O)c1ccc(N2CCN(C(=O)[C@@H]3CCCN3C3=NS(=O)(=O)c4ccccc43)CC2)c(F)c1. The molecule has 0 bridgehead atoms. The van der Waals surface area contributed by atoms with Crippen LogP contribution in [0.1, 0.15) is 35.7 Å². The minimum atomic E-state index is -3.76. The first kappa shape index (κ1) is 22.5. The van der Waals surface area contributed by atoms with Crippen molar-refractivity contribution < 1.29 is 22.4 Å². The molecule has 8 nitrogen and oxygen atoms in total. The summed E-state index contributed by atoms with van der Waals surface area (Å²) in [4.78, 5) is 30.5. The Hall–Kier alpha value is -3.27. The summed E-state index contributed by atoms with van der Waals surface area (Å²) in [5, 5.41) is 0. The van der Waals surface area contributed by atoms with Gasteiger partial charge in [0.15, 0.2) is 11.6 Å². The normalized spacial score (nSPS) is 21.4. The molecule has 34 heavy (non-hydrogen) atoms. The van der Waals surface area contributed by atoms with Crippen LogP contribution in [-0.2, 0) is 14.8 Å². The van der Waals surface area contributed by atoms with Crippen LogP contribution in [0.25, 0.3) is 0 Å². The van der Waals surface area contributed by atoms with E-state index in [1.54, 1.807) is 35.2 Å². The molecule has 10 heteroatoms. The lowest BCUT2D eigenvalue weighted by molar-refractivity contribution is -0.135. The molecule has 1 atom stereocenters. The van der Waals surface area contributed by atoms with Crippen LogP contribution in [0.3, 0.4) is 0 Å². The highest BCUT2D eigenvalue weighted by Gasteiger charge is 2.41. The van der Waals surface area contributed by atoms with Gasteiger partial charge in [0.1, 0.15) is 16.8 Å². The van der Waals surface area contributed by atoms with Crippen molar-refractivity contribution in [2.75, 3.05) is 37.6 Å². The van der Waals surface area contributed by atoms with Crippen LogP contribution >= 0.6 is 0 Å². The molecule has 3 heterocycles. The van der Waals surface area contributed by atoms with Gasteiger partial charge in [0, 0.05) is 43.9 Å². The summed E-state index contributed by atoms with van der Waals surface area (Å²) in [6.45, 7) is 3.75. The number of rotatable bonds is 3. The lowest BCUT2D eigenvalue weighted by Gasteiger charge is -2.38. The van der Waals surface area contributed by atoms with E-state index >= 15 is 0 Å². The van der Waals surface area contributed by atoms with Crippen molar-refractivity contribution in [1.82, 2.24) is 9.80 Å². The Labute approximate surface area is 197 Å². The first-order chi connectivity index (χ1) is 16.3. The number of nitrogens with zero attached hydrogens (tertiary/aromatic N) is 4. The molecule has 1 amide bonds. The average Bonchev–Trinajstić information content (AvgIpc) is 3.41. The van der Waals surface area contributed by atoms with Gasteiger partial charge >= 0.3 is 0 Å². The highest BCUT2D eigenvalue weighted by Crippen LogP contribution is 2.32. The zero-order chi connectivity index (χ0) is 24.0. The van der Waals surface area contributed by atoms with Gasteiger partial charge in [0.05, 0.1) is 5.69 Å². The minimum Gasteiger partial charge on any atom is -0.366 e. The van der Waals surface area contributed by atoms with E-state index in [-0.39, 0.29) is 16.6 Å². The summed E-state index contributed by atoms with van der Waals surface area (Å²) in [5.74, 6) is -0.357. The van der Waals surface area contributed by atoms with E-state index in [2.05, 4.69) is 4.40 Å². The van der Waals surface area contributed by atoms with Crippen LogP contribution in [0.4, 0.5) is 10.1 Å². The number of benzene rings is 2. The average molecular weight is 485 g/mol. The van der Waals surface area contributed by atoms with Crippen LogP contribution in [0, 0.1) is 5.82 Å². The lowest BCUT2D eigenvalue weighted by Crippen LogP contribution is -2.54. The van der Waals surface area contributed by atoms with E-state index in [1.165, 1.54) is 19.1 Å². The third kappa shape index (κ3) is 3.85. The molecule has 2 saturated heterocycles. The highest BCUT2D eigenvalue weighted by atomic mass is 32.2. The Morgan fingerprint density at radius 1 is 1.03 bits per heavy atom. The van der Waals surface area contributed by atoms with Crippen LogP contribution in [0.15, 0.2) is 51.8 Å². The Kier molecular flexibility index (Phi) is 5.63. The molecule has 0 radical (unpaired) electrons. The number of anilines is 1. The third-order valence-corrected chi connectivity index (χ3v) is 8.03. The molecule has 0 aromatic heterocycles. The third-order valence-electron chi connectivity index (χ3n) is 6.71. The van der Waals surface area contributed by atoms with E-state index < -0.39 is 21.9 Å². The molecule has 2 fully saturated rings. The smallest absolute Gasteiger partial charge is 0.285 e. The van der Waals surface area contributed by atoms with Crippen molar-refractivity contribution in [3.05, 3.63) is 59.4 Å². The quantitative estimate of drug-likeness (QED) is 0.621. The number of piperazine rings is 1. The zero-order valence-corrected chi connectivity index (χ0v) is 19.6. The number of halogens is 1. The number of hydrogen-bond donors (Lipinski definition) is 0. The lowest BCUT2D eigenvalue weighted by atomic mass is 10.1. The first-order valence-electron chi connectivity index (χ1n) is 11.3. The Bertz CT molecular complexity index is 1300. The molecular formula is C24H25FN4O4S. The Morgan fingerprint density at radius 2 is 1.76 bits per heavy atom. The summed E-state index contributed by atoms with van der Waals surface area (Å²) >= 11 is 0. The molecule has 3 aliphatic rings. The number of sulfonamides is 1. The van der Waals surface area contributed by atoms with Crippen molar-refractivity contribution in [3.63, 3.8) is 0 Å². The Balaban J connectivity index is 1.29. The van der Waals surface area contributed by atoms with E-state index in [0.29, 0.717) is 61.8 Å². The monoisotopic (exact) mass is 484 g/mol. The summed E-state index contributed by atoms with van der Waals surface area (Å²) < 4.78 is 43.5. The van der Waals surface area contributed by atoms with E-state index in [9.17, 15) is 22.4 Å². The zero-order valence-electron chi connectivity index (χ0n) is 18.8. The van der Waals surface area contributed by atoms with Gasteiger partial charge in [-0.3, -0.25) is 9.59 Å². The number of fused-ring (bicyclic) bond motifs is 1. The molecule has 2 aromatic rings. The molecule has 0 aliphatic carbocycles. The Morgan fingerprint density at radius 3 is 2.47 bits per heavy atom. The second-order valence-corrected chi connectivity index (χ2v) is 10.3. The van der Waals surface area contributed by atoms with Crippen LogP contribution < -0.4 is 4.90 Å². The molecule has 3 aliphatic heterocycles. The predicted molar refractivity (Wildman–Crippen MR) is 125 cm³/mol. The maximum absolute atomic E-state index is 14.6. The van der Waals surface area contributed by atoms with E-state index in [0.717, 1.165) is 6.42 Å². The molecule has 0 spiro atoms. The fourth-order valence-corrected chi connectivity index (χ4v) is 6.15. The van der Waals surface area contributed by atoms with Gasteiger partial charge in [-0.05, 0) is 50.1 Å². The van der Waals surface area contributed by atoms with Crippen molar-refractivity contribution in [3.8, 4) is 0 Å². The number of Topliss-reactive ketones (excluding diaryl/α,β-unsaturated/α-hetero) is 1. The van der Waals surface area contributed by atoms with Gasteiger partial charge in [-0.1, -0.05) is 12.1 Å². The number of likely N-dealkylation sites (tertiary alicyclic amines) is 1. The second-order valence-electron chi connectivity index (χ2n) is 8.77.